The molecule has 0 saturated heterocycles. The summed E-state index contributed by atoms with van der Waals surface area (Å²) in [6.07, 6.45) is 11.1. The summed E-state index contributed by atoms with van der Waals surface area (Å²) in [5.41, 5.74) is 0.387. The summed E-state index contributed by atoms with van der Waals surface area (Å²) in [5.74, 6) is 0. The number of rotatable bonds is 3. The van der Waals surface area contributed by atoms with Crippen molar-refractivity contribution >= 4 is 6.29 Å². The van der Waals surface area contributed by atoms with Crippen LogP contribution in [-0.4, -0.2) is 6.29 Å². The van der Waals surface area contributed by atoms with E-state index >= 15 is 0 Å². The Labute approximate surface area is 75.5 Å². The van der Waals surface area contributed by atoms with Gasteiger partial charge in [0.1, 0.15) is 6.29 Å². The highest BCUT2D eigenvalue weighted by Gasteiger charge is 2.28. The summed E-state index contributed by atoms with van der Waals surface area (Å²) < 4.78 is 0. The van der Waals surface area contributed by atoms with Gasteiger partial charge >= 0.3 is 0 Å². The summed E-state index contributed by atoms with van der Waals surface area (Å²) >= 11 is 0. The van der Waals surface area contributed by atoms with Crippen LogP contribution in [0.25, 0.3) is 0 Å². The first-order chi connectivity index (χ1) is 5.83. The number of carbonyl (C=O) groups excluding carboxylic acids is 1. The minimum atomic E-state index is 0.387. The Hall–Kier alpha value is -0.330. The van der Waals surface area contributed by atoms with Crippen molar-refractivity contribution in [2.24, 2.45) is 5.41 Å². The minimum Gasteiger partial charge on any atom is -0.303 e. The van der Waals surface area contributed by atoms with Crippen molar-refractivity contribution in [3.63, 3.8) is 0 Å². The molecular formula is C11H20O. The van der Waals surface area contributed by atoms with Crippen LogP contribution in [0.4, 0.5) is 0 Å². The Kier molecular flexibility index (Phi) is 3.77. The van der Waals surface area contributed by atoms with Crippen LogP contribution in [0, 0.1) is 5.41 Å². The summed E-state index contributed by atoms with van der Waals surface area (Å²) in [6.45, 7) is 2.23. The molecule has 1 fully saturated rings. The molecule has 0 amide bonds. The molecule has 1 rings (SSSR count). The van der Waals surface area contributed by atoms with Gasteiger partial charge in [-0.05, 0) is 18.3 Å². The third kappa shape index (κ3) is 2.33. The fourth-order valence-electron chi connectivity index (χ4n) is 2.36. The predicted molar refractivity (Wildman–Crippen MR) is 51.1 cm³/mol. The van der Waals surface area contributed by atoms with E-state index in [1.165, 1.54) is 44.9 Å². The van der Waals surface area contributed by atoms with Crippen LogP contribution in [0.5, 0.6) is 0 Å². The quantitative estimate of drug-likeness (QED) is 0.466. The summed E-state index contributed by atoms with van der Waals surface area (Å²) in [4.78, 5) is 10.5. The van der Waals surface area contributed by atoms with Gasteiger partial charge in [-0.15, -0.1) is 0 Å². The summed E-state index contributed by atoms with van der Waals surface area (Å²) in [5, 5.41) is 0. The molecule has 0 aromatic carbocycles. The normalized spacial score (nSPS) is 23.1. The van der Waals surface area contributed by atoms with E-state index in [0.717, 1.165) is 12.7 Å². The van der Waals surface area contributed by atoms with Gasteiger partial charge in [0.15, 0.2) is 0 Å². The first-order valence-electron chi connectivity index (χ1n) is 5.27. The van der Waals surface area contributed by atoms with E-state index in [0.29, 0.717) is 5.41 Å². The molecule has 0 bridgehead atoms. The standard InChI is InChI=1S/C11H20O/c1-2-11(9-10-12)7-5-3-4-6-8-11/h10H,2-9H2,1H3. The van der Waals surface area contributed by atoms with Crippen molar-refractivity contribution in [1.29, 1.82) is 0 Å². The lowest BCUT2D eigenvalue weighted by atomic mass is 9.76. The van der Waals surface area contributed by atoms with Gasteiger partial charge in [-0.2, -0.15) is 0 Å². The van der Waals surface area contributed by atoms with E-state index in [9.17, 15) is 4.79 Å². The van der Waals surface area contributed by atoms with Gasteiger partial charge in [-0.3, -0.25) is 0 Å². The van der Waals surface area contributed by atoms with Crippen molar-refractivity contribution in [3.8, 4) is 0 Å². The lowest BCUT2D eigenvalue weighted by molar-refractivity contribution is -0.110. The maximum atomic E-state index is 10.5. The molecule has 0 spiro atoms. The second kappa shape index (κ2) is 4.64. The lowest BCUT2D eigenvalue weighted by Crippen LogP contribution is -2.19. The van der Waals surface area contributed by atoms with E-state index in [4.69, 9.17) is 0 Å². The topological polar surface area (TPSA) is 17.1 Å². The van der Waals surface area contributed by atoms with Crippen molar-refractivity contribution < 1.29 is 4.79 Å². The number of carbonyl (C=O) groups is 1. The third-order valence-electron chi connectivity index (χ3n) is 3.43. The Morgan fingerprint density at radius 1 is 1.17 bits per heavy atom. The monoisotopic (exact) mass is 168 g/mol. The predicted octanol–water partition coefficient (Wildman–Crippen LogP) is 3.33. The molecule has 0 aromatic heterocycles. The van der Waals surface area contributed by atoms with E-state index in [-0.39, 0.29) is 0 Å². The zero-order valence-corrected chi connectivity index (χ0v) is 8.14. The van der Waals surface area contributed by atoms with Crippen LogP contribution in [0.3, 0.4) is 0 Å². The first-order valence-corrected chi connectivity index (χ1v) is 5.27. The highest BCUT2D eigenvalue weighted by molar-refractivity contribution is 5.50. The molecule has 70 valence electrons. The second-order valence-corrected chi connectivity index (χ2v) is 4.14. The minimum absolute atomic E-state index is 0.387. The van der Waals surface area contributed by atoms with Crippen LogP contribution < -0.4 is 0 Å². The molecule has 0 atom stereocenters. The van der Waals surface area contributed by atoms with Crippen molar-refractivity contribution in [2.75, 3.05) is 0 Å². The van der Waals surface area contributed by atoms with Gasteiger partial charge in [0, 0.05) is 6.42 Å². The van der Waals surface area contributed by atoms with Gasteiger partial charge in [0.05, 0.1) is 0 Å². The highest BCUT2D eigenvalue weighted by atomic mass is 16.1. The molecule has 0 heterocycles. The van der Waals surface area contributed by atoms with E-state index in [1.54, 1.807) is 0 Å². The van der Waals surface area contributed by atoms with Gasteiger partial charge < -0.3 is 4.79 Å². The molecule has 0 aromatic rings. The molecule has 1 heteroatoms. The Morgan fingerprint density at radius 2 is 1.75 bits per heavy atom. The average molecular weight is 168 g/mol. The Bertz CT molecular complexity index is 132. The molecule has 0 radical (unpaired) electrons. The first kappa shape index (κ1) is 9.76. The van der Waals surface area contributed by atoms with Crippen LogP contribution in [0.1, 0.15) is 58.3 Å². The van der Waals surface area contributed by atoms with Gasteiger partial charge in [0.25, 0.3) is 0 Å². The molecule has 0 N–H and O–H groups in total. The van der Waals surface area contributed by atoms with Crippen molar-refractivity contribution in [1.82, 2.24) is 0 Å². The smallest absolute Gasteiger partial charge is 0.120 e. The largest absolute Gasteiger partial charge is 0.303 e. The van der Waals surface area contributed by atoms with Crippen LogP contribution in [0.2, 0.25) is 0 Å². The van der Waals surface area contributed by atoms with Gasteiger partial charge in [-0.1, -0.05) is 39.0 Å². The molecule has 0 aliphatic heterocycles. The SMILES string of the molecule is CCC1(CC=O)CCCCCC1. The van der Waals surface area contributed by atoms with Crippen molar-refractivity contribution in [2.45, 2.75) is 58.3 Å². The van der Waals surface area contributed by atoms with E-state index < -0.39 is 0 Å². The van der Waals surface area contributed by atoms with Crippen LogP contribution >= 0.6 is 0 Å². The summed E-state index contributed by atoms with van der Waals surface area (Å²) in [6, 6.07) is 0. The molecule has 0 unspecified atom stereocenters. The fraction of sp³-hybridized carbons (Fsp3) is 0.909. The van der Waals surface area contributed by atoms with Crippen LogP contribution in [-0.2, 0) is 4.79 Å². The van der Waals surface area contributed by atoms with Gasteiger partial charge in [0.2, 0.25) is 0 Å². The number of hydrogen-bond acceptors (Lipinski definition) is 1. The lowest BCUT2D eigenvalue weighted by Gasteiger charge is -2.29. The molecule has 1 nitrogen and oxygen atoms in total. The molecular weight excluding hydrogens is 148 g/mol. The molecule has 1 saturated carbocycles. The maximum absolute atomic E-state index is 10.5. The average Bonchev–Trinajstić information content (AvgIpc) is 2.32. The third-order valence-corrected chi connectivity index (χ3v) is 3.43. The van der Waals surface area contributed by atoms with Crippen LogP contribution in [0.15, 0.2) is 0 Å². The number of hydrogen-bond donors (Lipinski definition) is 0. The number of aldehydes is 1. The molecule has 1 aliphatic rings. The zero-order valence-electron chi connectivity index (χ0n) is 8.14. The van der Waals surface area contributed by atoms with Crippen molar-refractivity contribution in [3.05, 3.63) is 0 Å². The highest BCUT2D eigenvalue weighted by Crippen LogP contribution is 2.40. The Balaban J connectivity index is 2.54. The maximum Gasteiger partial charge on any atom is 0.120 e. The molecule has 1 aliphatic carbocycles. The Morgan fingerprint density at radius 3 is 2.17 bits per heavy atom. The van der Waals surface area contributed by atoms with E-state index in [1.807, 2.05) is 0 Å². The summed E-state index contributed by atoms with van der Waals surface area (Å²) in [7, 11) is 0. The van der Waals surface area contributed by atoms with Gasteiger partial charge in [-0.25, -0.2) is 0 Å². The zero-order chi connectivity index (χ0) is 8.86. The second-order valence-electron chi connectivity index (χ2n) is 4.14. The fourth-order valence-corrected chi connectivity index (χ4v) is 2.36. The molecule has 12 heavy (non-hydrogen) atoms. The van der Waals surface area contributed by atoms with E-state index in [2.05, 4.69) is 6.92 Å².